The Morgan fingerprint density at radius 3 is 2.13 bits per heavy atom. The fourth-order valence-corrected chi connectivity index (χ4v) is 1.65. The number of nitrogens with zero attached hydrogens (tertiary/aromatic N) is 1. The summed E-state index contributed by atoms with van der Waals surface area (Å²) in [5, 5.41) is 0. The third kappa shape index (κ3) is 4.65. The van der Waals surface area contributed by atoms with Crippen molar-refractivity contribution >= 4 is 5.91 Å². The van der Waals surface area contributed by atoms with Gasteiger partial charge in [-0.15, -0.1) is 0 Å². The summed E-state index contributed by atoms with van der Waals surface area (Å²) in [5.41, 5.74) is 5.51. The summed E-state index contributed by atoms with van der Waals surface area (Å²) >= 11 is 0. The van der Waals surface area contributed by atoms with E-state index in [0.29, 0.717) is 12.5 Å². The Labute approximate surface area is 94.0 Å². The molecule has 1 unspecified atom stereocenters. The first-order chi connectivity index (χ1) is 7.10. The van der Waals surface area contributed by atoms with Crippen LogP contribution in [0.4, 0.5) is 0 Å². The predicted octanol–water partition coefficient (Wildman–Crippen LogP) is 1.87. The lowest BCUT2D eigenvalue weighted by Gasteiger charge is -2.27. The summed E-state index contributed by atoms with van der Waals surface area (Å²) in [7, 11) is 0. The highest BCUT2D eigenvalue weighted by atomic mass is 16.2. The third-order valence-corrected chi connectivity index (χ3v) is 3.10. The second-order valence-electron chi connectivity index (χ2n) is 4.20. The van der Waals surface area contributed by atoms with Gasteiger partial charge in [0.05, 0.1) is 0 Å². The molecule has 2 N–H and O–H groups in total. The zero-order valence-electron chi connectivity index (χ0n) is 10.6. The molecule has 0 rings (SSSR count). The van der Waals surface area contributed by atoms with Crippen LogP contribution < -0.4 is 5.73 Å². The van der Waals surface area contributed by atoms with E-state index in [1.807, 2.05) is 18.7 Å². The Balaban J connectivity index is 4.28. The van der Waals surface area contributed by atoms with Crippen molar-refractivity contribution < 1.29 is 4.79 Å². The van der Waals surface area contributed by atoms with Crippen LogP contribution in [0.1, 0.15) is 40.5 Å². The Morgan fingerprint density at radius 1 is 1.27 bits per heavy atom. The Bertz CT molecular complexity index is 178. The molecular formula is C12H26N2O. The van der Waals surface area contributed by atoms with Gasteiger partial charge in [0.25, 0.3) is 0 Å². The van der Waals surface area contributed by atoms with Crippen molar-refractivity contribution in [3.05, 3.63) is 0 Å². The van der Waals surface area contributed by atoms with Gasteiger partial charge in [0.1, 0.15) is 0 Å². The lowest BCUT2D eigenvalue weighted by atomic mass is 10.0. The van der Waals surface area contributed by atoms with Crippen LogP contribution in [0.2, 0.25) is 0 Å². The minimum atomic E-state index is -0.0423. The van der Waals surface area contributed by atoms with Crippen LogP contribution in [0.3, 0.4) is 0 Å². The normalized spacial score (nSPS) is 12.9. The molecule has 0 aromatic heterocycles. The molecule has 1 amide bonds. The highest BCUT2D eigenvalue weighted by molar-refractivity contribution is 5.78. The maximum absolute atomic E-state index is 11.9. The van der Waals surface area contributed by atoms with Gasteiger partial charge in [-0.05, 0) is 12.8 Å². The van der Waals surface area contributed by atoms with Crippen LogP contribution in [0.15, 0.2) is 0 Å². The largest absolute Gasteiger partial charge is 0.342 e. The molecule has 0 fully saturated rings. The van der Waals surface area contributed by atoms with Crippen molar-refractivity contribution in [2.75, 3.05) is 19.6 Å². The van der Waals surface area contributed by atoms with E-state index in [4.69, 9.17) is 5.73 Å². The first-order valence-corrected chi connectivity index (χ1v) is 6.09. The van der Waals surface area contributed by atoms with Crippen LogP contribution in [0.5, 0.6) is 0 Å². The predicted molar refractivity (Wildman–Crippen MR) is 64.5 cm³/mol. The van der Waals surface area contributed by atoms with Gasteiger partial charge in [0.15, 0.2) is 0 Å². The van der Waals surface area contributed by atoms with Gasteiger partial charge in [-0.1, -0.05) is 33.6 Å². The molecule has 0 aromatic rings. The van der Waals surface area contributed by atoms with Crippen molar-refractivity contribution in [2.24, 2.45) is 17.6 Å². The summed E-state index contributed by atoms with van der Waals surface area (Å²) in [6.45, 7) is 10.4. The third-order valence-electron chi connectivity index (χ3n) is 3.10. The second-order valence-corrected chi connectivity index (χ2v) is 4.20. The van der Waals surface area contributed by atoms with E-state index in [0.717, 1.165) is 25.9 Å². The molecule has 0 spiro atoms. The number of hydrogen-bond acceptors (Lipinski definition) is 2. The van der Waals surface area contributed by atoms with E-state index >= 15 is 0 Å². The molecule has 0 heterocycles. The first kappa shape index (κ1) is 14.4. The minimum Gasteiger partial charge on any atom is -0.342 e. The summed E-state index contributed by atoms with van der Waals surface area (Å²) in [6.07, 6.45) is 2.27. The zero-order chi connectivity index (χ0) is 11.8. The average molecular weight is 214 g/mol. The molecule has 0 radical (unpaired) electrons. The van der Waals surface area contributed by atoms with Crippen LogP contribution in [0, 0.1) is 11.8 Å². The monoisotopic (exact) mass is 214 g/mol. The van der Waals surface area contributed by atoms with Crippen molar-refractivity contribution in [3.8, 4) is 0 Å². The number of amides is 1. The molecule has 1 atom stereocenters. The van der Waals surface area contributed by atoms with Gasteiger partial charge in [0.2, 0.25) is 5.91 Å². The van der Waals surface area contributed by atoms with Crippen LogP contribution in [0.25, 0.3) is 0 Å². The summed E-state index contributed by atoms with van der Waals surface area (Å²) in [5.74, 6) is 0.782. The van der Waals surface area contributed by atoms with Crippen LogP contribution >= 0.6 is 0 Å². The van der Waals surface area contributed by atoms with E-state index in [-0.39, 0.29) is 11.8 Å². The quantitative estimate of drug-likeness (QED) is 0.703. The minimum absolute atomic E-state index is 0.0423. The van der Waals surface area contributed by atoms with E-state index in [1.54, 1.807) is 0 Å². The summed E-state index contributed by atoms with van der Waals surface area (Å²) in [4.78, 5) is 13.9. The standard InChI is InChI=1S/C12H26N2O/c1-5-11(6-2)9-14(7-3)12(15)10(4)8-13/h10-11H,5-9,13H2,1-4H3. The lowest BCUT2D eigenvalue weighted by molar-refractivity contribution is -0.135. The van der Waals surface area contributed by atoms with Gasteiger partial charge < -0.3 is 10.6 Å². The Morgan fingerprint density at radius 2 is 1.80 bits per heavy atom. The number of carbonyl (C=O) groups excluding carboxylic acids is 1. The SMILES string of the molecule is CCC(CC)CN(CC)C(=O)C(C)CN. The summed E-state index contributed by atoms with van der Waals surface area (Å²) < 4.78 is 0. The maximum Gasteiger partial charge on any atom is 0.226 e. The number of hydrogen-bond donors (Lipinski definition) is 1. The number of rotatable bonds is 7. The van der Waals surface area contributed by atoms with Gasteiger partial charge in [-0.2, -0.15) is 0 Å². The molecule has 0 saturated heterocycles. The van der Waals surface area contributed by atoms with Crippen molar-refractivity contribution in [1.82, 2.24) is 4.90 Å². The molecule has 90 valence electrons. The second kappa shape index (κ2) is 7.69. The number of nitrogens with two attached hydrogens (primary N) is 1. The van der Waals surface area contributed by atoms with Gasteiger partial charge >= 0.3 is 0 Å². The van der Waals surface area contributed by atoms with E-state index in [2.05, 4.69) is 13.8 Å². The molecular weight excluding hydrogens is 188 g/mol. The van der Waals surface area contributed by atoms with Gasteiger partial charge in [-0.25, -0.2) is 0 Å². The topological polar surface area (TPSA) is 46.3 Å². The highest BCUT2D eigenvalue weighted by Gasteiger charge is 2.19. The van der Waals surface area contributed by atoms with Gasteiger partial charge in [-0.3, -0.25) is 4.79 Å². The Hall–Kier alpha value is -0.570. The Kier molecular flexibility index (Phi) is 7.39. The van der Waals surface area contributed by atoms with Gasteiger partial charge in [0, 0.05) is 25.6 Å². The van der Waals surface area contributed by atoms with Crippen LogP contribution in [-0.2, 0) is 4.79 Å². The van der Waals surface area contributed by atoms with E-state index in [1.165, 1.54) is 0 Å². The molecule has 0 aliphatic rings. The molecule has 0 bridgehead atoms. The number of carbonyl (C=O) groups is 1. The fraction of sp³-hybridized carbons (Fsp3) is 0.917. The van der Waals surface area contributed by atoms with Crippen molar-refractivity contribution in [1.29, 1.82) is 0 Å². The smallest absolute Gasteiger partial charge is 0.226 e. The van der Waals surface area contributed by atoms with Crippen LogP contribution in [-0.4, -0.2) is 30.4 Å². The molecule has 15 heavy (non-hydrogen) atoms. The molecule has 0 saturated carbocycles. The summed E-state index contributed by atoms with van der Waals surface area (Å²) in [6, 6.07) is 0. The molecule has 3 heteroatoms. The average Bonchev–Trinajstić information content (AvgIpc) is 2.29. The zero-order valence-corrected chi connectivity index (χ0v) is 10.6. The van der Waals surface area contributed by atoms with Crippen molar-refractivity contribution in [2.45, 2.75) is 40.5 Å². The lowest BCUT2D eigenvalue weighted by Crippen LogP contribution is -2.40. The molecule has 0 aromatic carbocycles. The van der Waals surface area contributed by atoms with E-state index < -0.39 is 0 Å². The first-order valence-electron chi connectivity index (χ1n) is 6.09. The molecule has 0 aliphatic heterocycles. The molecule has 3 nitrogen and oxygen atoms in total. The fourth-order valence-electron chi connectivity index (χ4n) is 1.65. The van der Waals surface area contributed by atoms with E-state index in [9.17, 15) is 4.79 Å². The molecule has 0 aliphatic carbocycles. The highest BCUT2D eigenvalue weighted by Crippen LogP contribution is 2.11. The maximum atomic E-state index is 11.9. The van der Waals surface area contributed by atoms with Crippen molar-refractivity contribution in [3.63, 3.8) is 0 Å².